The molecule has 3 nitrogen and oxygen atoms in total. The van der Waals surface area contributed by atoms with E-state index in [4.69, 9.17) is 11.6 Å². The lowest BCUT2D eigenvalue weighted by Crippen LogP contribution is -2.22. The van der Waals surface area contributed by atoms with Crippen LogP contribution in [0.2, 0.25) is 0 Å². The van der Waals surface area contributed by atoms with Crippen LogP contribution in [0.1, 0.15) is 10.4 Å². The maximum absolute atomic E-state index is 11.1. The van der Waals surface area contributed by atoms with Gasteiger partial charge in [0.1, 0.15) is 6.07 Å². The number of hydrogen-bond acceptors (Lipinski definition) is 2. The van der Waals surface area contributed by atoms with Crippen LogP contribution in [0.5, 0.6) is 0 Å². The van der Waals surface area contributed by atoms with E-state index in [-0.39, 0.29) is 12.0 Å². The van der Waals surface area contributed by atoms with Crippen LogP contribution in [0, 0.1) is 0 Å². The van der Waals surface area contributed by atoms with Crippen molar-refractivity contribution in [3.05, 3.63) is 35.9 Å². The van der Waals surface area contributed by atoms with Gasteiger partial charge in [-0.25, -0.2) is 5.48 Å². The summed E-state index contributed by atoms with van der Waals surface area (Å²) in [7, 11) is 0. The molecular weight excluding hydrogens is 178 g/mol. The smallest absolute Gasteiger partial charge is 0.267 e. The van der Waals surface area contributed by atoms with E-state index in [1.54, 1.807) is 24.3 Å². The van der Waals surface area contributed by atoms with Crippen LogP contribution in [0.4, 0.5) is 0 Å². The van der Waals surface area contributed by atoms with E-state index >= 15 is 0 Å². The topological polar surface area (TPSA) is 38.3 Å². The lowest BCUT2D eigenvalue weighted by atomic mass is 10.2. The van der Waals surface area contributed by atoms with Crippen molar-refractivity contribution in [2.45, 2.75) is 0 Å². The Morgan fingerprint density at radius 1 is 1.42 bits per heavy atom. The molecule has 1 aromatic rings. The Kier molecular flexibility index (Phi) is 3.57. The minimum atomic E-state index is -0.295. The lowest BCUT2D eigenvalue weighted by molar-refractivity contribution is 0.0478. The van der Waals surface area contributed by atoms with Gasteiger partial charge in [0.05, 0.1) is 0 Å². The van der Waals surface area contributed by atoms with Gasteiger partial charge in [-0.1, -0.05) is 29.8 Å². The van der Waals surface area contributed by atoms with E-state index in [2.05, 4.69) is 10.3 Å². The molecule has 0 aromatic heterocycles. The molecule has 0 fully saturated rings. The molecule has 1 rings (SSSR count). The average molecular weight is 186 g/mol. The van der Waals surface area contributed by atoms with Crippen molar-refractivity contribution in [2.24, 2.45) is 0 Å². The third-order valence-electron chi connectivity index (χ3n) is 1.26. The number of nitrogens with one attached hydrogen (secondary N) is 1. The van der Waals surface area contributed by atoms with Gasteiger partial charge in [-0.2, -0.15) is 0 Å². The normalized spacial score (nSPS) is 9.42. The lowest BCUT2D eigenvalue weighted by Gasteiger charge is -2.01. The first kappa shape index (κ1) is 9.03. The number of benzene rings is 1. The fraction of sp³-hybridized carbons (Fsp3) is 0.125. The summed E-state index contributed by atoms with van der Waals surface area (Å²) in [6.07, 6.45) is 0. The predicted octanol–water partition coefficient (Wildman–Crippen LogP) is 1.54. The molecule has 12 heavy (non-hydrogen) atoms. The van der Waals surface area contributed by atoms with Gasteiger partial charge in [-0.3, -0.25) is 9.63 Å². The van der Waals surface area contributed by atoms with Crippen molar-refractivity contribution in [1.29, 1.82) is 0 Å². The summed E-state index contributed by atoms with van der Waals surface area (Å²) in [4.78, 5) is 15.6. The van der Waals surface area contributed by atoms with Crippen LogP contribution < -0.4 is 5.48 Å². The molecular formula is C8H8ClNO2. The molecule has 64 valence electrons. The summed E-state index contributed by atoms with van der Waals surface area (Å²) >= 11 is 5.20. The first-order valence-electron chi connectivity index (χ1n) is 3.37. The third kappa shape index (κ3) is 2.53. The maximum atomic E-state index is 11.1. The molecule has 0 aliphatic heterocycles. The highest BCUT2D eigenvalue weighted by Gasteiger charge is 2.01. The zero-order chi connectivity index (χ0) is 8.81. The number of halogens is 1. The van der Waals surface area contributed by atoms with Crippen LogP contribution in [-0.4, -0.2) is 12.0 Å². The Labute approximate surface area is 75.2 Å². The van der Waals surface area contributed by atoms with Crippen LogP contribution in [0.25, 0.3) is 0 Å². The molecule has 0 spiro atoms. The second-order valence-electron chi connectivity index (χ2n) is 2.05. The fourth-order valence-electron chi connectivity index (χ4n) is 0.741. The minimum Gasteiger partial charge on any atom is -0.267 e. The average Bonchev–Trinajstić information content (AvgIpc) is 2.15. The van der Waals surface area contributed by atoms with Crippen molar-refractivity contribution in [2.75, 3.05) is 6.07 Å². The Bertz CT molecular complexity index is 250. The molecule has 0 bridgehead atoms. The summed E-state index contributed by atoms with van der Waals surface area (Å²) < 4.78 is 0. The van der Waals surface area contributed by atoms with Crippen LogP contribution in [0.15, 0.2) is 30.3 Å². The van der Waals surface area contributed by atoms with Crippen molar-refractivity contribution in [3.8, 4) is 0 Å². The zero-order valence-electron chi connectivity index (χ0n) is 6.29. The van der Waals surface area contributed by atoms with Crippen LogP contribution in [-0.2, 0) is 4.84 Å². The summed E-state index contributed by atoms with van der Waals surface area (Å²) in [5.74, 6) is -0.295. The molecule has 4 heteroatoms. The quantitative estimate of drug-likeness (QED) is 0.573. The van der Waals surface area contributed by atoms with Crippen molar-refractivity contribution >= 4 is 17.5 Å². The van der Waals surface area contributed by atoms with E-state index < -0.39 is 0 Å². The standard InChI is InChI=1S/C8H8ClNO2/c9-6-12-10-8(11)7-4-2-1-3-5-7/h1-5H,6H2,(H,10,11). The van der Waals surface area contributed by atoms with Gasteiger partial charge in [0.15, 0.2) is 0 Å². The number of hydroxylamine groups is 1. The molecule has 0 saturated carbocycles. The highest BCUT2D eigenvalue weighted by atomic mass is 35.5. The molecule has 0 aliphatic rings. The van der Waals surface area contributed by atoms with Crippen molar-refractivity contribution in [3.63, 3.8) is 0 Å². The molecule has 1 N–H and O–H groups in total. The molecule has 0 heterocycles. The number of alkyl halides is 1. The maximum Gasteiger partial charge on any atom is 0.274 e. The third-order valence-corrected chi connectivity index (χ3v) is 1.36. The number of rotatable bonds is 3. The van der Waals surface area contributed by atoms with Gasteiger partial charge in [0.2, 0.25) is 0 Å². The molecule has 0 radical (unpaired) electrons. The van der Waals surface area contributed by atoms with E-state index in [0.717, 1.165) is 0 Å². The zero-order valence-corrected chi connectivity index (χ0v) is 7.04. The second kappa shape index (κ2) is 4.74. The molecule has 0 saturated heterocycles. The molecule has 0 unspecified atom stereocenters. The molecule has 0 atom stereocenters. The minimum absolute atomic E-state index is 0.0570. The molecule has 1 aromatic carbocycles. The van der Waals surface area contributed by atoms with Gasteiger partial charge < -0.3 is 0 Å². The van der Waals surface area contributed by atoms with Crippen molar-refractivity contribution < 1.29 is 9.63 Å². The molecule has 0 aliphatic carbocycles. The van der Waals surface area contributed by atoms with E-state index in [0.29, 0.717) is 5.56 Å². The van der Waals surface area contributed by atoms with Gasteiger partial charge in [0, 0.05) is 5.56 Å². The summed E-state index contributed by atoms with van der Waals surface area (Å²) in [6.45, 7) is 0. The largest absolute Gasteiger partial charge is 0.274 e. The Balaban J connectivity index is 2.54. The highest BCUT2D eigenvalue weighted by Crippen LogP contribution is 1.97. The Morgan fingerprint density at radius 2 is 2.08 bits per heavy atom. The predicted molar refractivity (Wildman–Crippen MR) is 45.7 cm³/mol. The number of hydrogen-bond donors (Lipinski definition) is 1. The molecule has 1 amide bonds. The van der Waals surface area contributed by atoms with E-state index in [1.807, 2.05) is 6.07 Å². The summed E-state index contributed by atoms with van der Waals surface area (Å²) in [5.41, 5.74) is 2.72. The van der Waals surface area contributed by atoms with Gasteiger partial charge in [0.25, 0.3) is 5.91 Å². The Hall–Kier alpha value is -1.06. The van der Waals surface area contributed by atoms with Crippen LogP contribution >= 0.6 is 11.6 Å². The monoisotopic (exact) mass is 185 g/mol. The van der Waals surface area contributed by atoms with E-state index in [1.165, 1.54) is 0 Å². The highest BCUT2D eigenvalue weighted by molar-refractivity contribution is 6.17. The SMILES string of the molecule is O=C(NOCCl)c1ccccc1. The number of carbonyl (C=O) groups is 1. The number of amides is 1. The first-order chi connectivity index (χ1) is 5.84. The van der Waals surface area contributed by atoms with Gasteiger partial charge in [-0.15, -0.1) is 0 Å². The fourth-order valence-corrected chi connectivity index (χ4v) is 0.796. The first-order valence-corrected chi connectivity index (χ1v) is 3.91. The van der Waals surface area contributed by atoms with E-state index in [9.17, 15) is 4.79 Å². The number of carbonyl (C=O) groups excluding carboxylic acids is 1. The Morgan fingerprint density at radius 3 is 2.67 bits per heavy atom. The van der Waals surface area contributed by atoms with Gasteiger partial charge >= 0.3 is 0 Å². The van der Waals surface area contributed by atoms with Gasteiger partial charge in [-0.05, 0) is 12.1 Å². The summed E-state index contributed by atoms with van der Waals surface area (Å²) in [5, 5.41) is 0. The summed E-state index contributed by atoms with van der Waals surface area (Å²) in [6, 6.07) is 8.70. The van der Waals surface area contributed by atoms with Crippen molar-refractivity contribution in [1.82, 2.24) is 5.48 Å². The second-order valence-corrected chi connectivity index (χ2v) is 2.27. The van der Waals surface area contributed by atoms with Crippen LogP contribution in [0.3, 0.4) is 0 Å².